The molecule has 1 heterocycles. The molecule has 0 aliphatic carbocycles. The molecule has 0 radical (unpaired) electrons. The van der Waals surface area contributed by atoms with Crippen LogP contribution in [0.15, 0.2) is 0 Å². The highest BCUT2D eigenvalue weighted by Gasteiger charge is 2.26. The van der Waals surface area contributed by atoms with Crippen LogP contribution in [0.1, 0.15) is 19.0 Å². The maximum absolute atomic E-state index is 11.0. The van der Waals surface area contributed by atoms with E-state index < -0.39 is 0 Å². The zero-order valence-electron chi connectivity index (χ0n) is 10.0. The summed E-state index contributed by atoms with van der Waals surface area (Å²) in [5.74, 6) is 0.415. The van der Waals surface area contributed by atoms with Gasteiger partial charge in [0.05, 0.1) is 4.92 Å². The lowest BCUT2D eigenvalue weighted by Gasteiger charge is -2.12. The highest BCUT2D eigenvalue weighted by molar-refractivity contribution is 5.59. The second kappa shape index (κ2) is 4.93. The van der Waals surface area contributed by atoms with Crippen LogP contribution in [-0.4, -0.2) is 33.8 Å². The number of nitrogens with zero attached hydrogens (tertiary/aromatic N) is 4. The Morgan fingerprint density at radius 2 is 2.19 bits per heavy atom. The molecule has 7 heteroatoms. The van der Waals surface area contributed by atoms with Crippen LogP contribution < -0.4 is 5.43 Å². The summed E-state index contributed by atoms with van der Waals surface area (Å²) in [4.78, 5) is 10.6. The Morgan fingerprint density at radius 3 is 2.62 bits per heavy atom. The van der Waals surface area contributed by atoms with Crippen molar-refractivity contribution in [2.75, 3.05) is 19.5 Å². The maximum Gasteiger partial charge on any atom is 0.335 e. The summed E-state index contributed by atoms with van der Waals surface area (Å²) in [5.41, 5.74) is 3.49. The number of hydrazine groups is 1. The molecule has 0 unspecified atom stereocenters. The number of anilines is 1. The SMILES string of the molecule is CCCc1nn(C)c(NN(C)C)c1[N+](=O)[O-]. The molecule has 0 amide bonds. The Bertz CT molecular complexity index is 385. The molecule has 90 valence electrons. The summed E-state index contributed by atoms with van der Waals surface area (Å²) in [5, 5.41) is 16.8. The van der Waals surface area contributed by atoms with Crippen LogP contribution in [0.5, 0.6) is 0 Å². The first-order chi connectivity index (χ1) is 7.47. The third-order valence-electron chi connectivity index (χ3n) is 2.09. The Balaban J connectivity index is 3.18. The van der Waals surface area contributed by atoms with Crippen LogP contribution in [0.2, 0.25) is 0 Å². The molecule has 0 saturated heterocycles. The monoisotopic (exact) mass is 227 g/mol. The summed E-state index contributed by atoms with van der Waals surface area (Å²) < 4.78 is 1.50. The van der Waals surface area contributed by atoms with E-state index in [4.69, 9.17) is 0 Å². The molecule has 1 rings (SSSR count). The molecule has 0 aliphatic heterocycles. The van der Waals surface area contributed by atoms with Gasteiger partial charge in [0.1, 0.15) is 5.69 Å². The van der Waals surface area contributed by atoms with Gasteiger partial charge >= 0.3 is 5.69 Å². The highest BCUT2D eigenvalue weighted by Crippen LogP contribution is 2.28. The highest BCUT2D eigenvalue weighted by atomic mass is 16.6. The molecular formula is C9H17N5O2. The van der Waals surface area contributed by atoms with Crippen molar-refractivity contribution >= 4 is 11.5 Å². The molecule has 0 aromatic carbocycles. The van der Waals surface area contributed by atoms with E-state index in [9.17, 15) is 10.1 Å². The van der Waals surface area contributed by atoms with Gasteiger partial charge in [0.2, 0.25) is 5.82 Å². The maximum atomic E-state index is 11.0. The van der Waals surface area contributed by atoms with E-state index in [0.29, 0.717) is 17.9 Å². The summed E-state index contributed by atoms with van der Waals surface area (Å²) in [6.45, 7) is 1.97. The van der Waals surface area contributed by atoms with Crippen molar-refractivity contribution in [2.24, 2.45) is 7.05 Å². The Kier molecular flexibility index (Phi) is 3.83. The van der Waals surface area contributed by atoms with E-state index in [-0.39, 0.29) is 10.6 Å². The predicted molar refractivity (Wildman–Crippen MR) is 61.2 cm³/mol. The molecule has 0 bridgehead atoms. The van der Waals surface area contributed by atoms with Gasteiger partial charge in [0.25, 0.3) is 0 Å². The molecule has 1 aromatic heterocycles. The number of aromatic nitrogens is 2. The van der Waals surface area contributed by atoms with Crippen LogP contribution in [0, 0.1) is 10.1 Å². The van der Waals surface area contributed by atoms with Gasteiger partial charge in [0, 0.05) is 21.1 Å². The molecule has 0 spiro atoms. The van der Waals surface area contributed by atoms with Crippen molar-refractivity contribution in [2.45, 2.75) is 19.8 Å². The lowest BCUT2D eigenvalue weighted by molar-refractivity contribution is -0.384. The minimum absolute atomic E-state index is 0.0676. The number of nitro groups is 1. The molecule has 7 nitrogen and oxygen atoms in total. The van der Waals surface area contributed by atoms with Crippen molar-refractivity contribution in [1.82, 2.24) is 14.8 Å². The molecule has 16 heavy (non-hydrogen) atoms. The van der Waals surface area contributed by atoms with E-state index >= 15 is 0 Å². The fourth-order valence-corrected chi connectivity index (χ4v) is 1.50. The summed E-state index contributed by atoms with van der Waals surface area (Å²) >= 11 is 0. The van der Waals surface area contributed by atoms with Crippen molar-refractivity contribution < 1.29 is 4.92 Å². The smallest absolute Gasteiger partial charge is 0.298 e. The van der Waals surface area contributed by atoms with Crippen molar-refractivity contribution in [3.63, 3.8) is 0 Å². The van der Waals surface area contributed by atoms with Crippen LogP contribution in [0.3, 0.4) is 0 Å². The third-order valence-corrected chi connectivity index (χ3v) is 2.09. The van der Waals surface area contributed by atoms with E-state index in [1.54, 1.807) is 26.2 Å². The Labute approximate surface area is 94.2 Å². The Hall–Kier alpha value is -1.63. The average molecular weight is 227 g/mol. The number of hydrogen-bond acceptors (Lipinski definition) is 5. The number of rotatable bonds is 5. The second-order valence-electron chi connectivity index (χ2n) is 3.78. The Morgan fingerprint density at radius 1 is 1.56 bits per heavy atom. The average Bonchev–Trinajstić information content (AvgIpc) is 2.43. The van der Waals surface area contributed by atoms with Crippen LogP contribution in [0.4, 0.5) is 11.5 Å². The lowest BCUT2D eigenvalue weighted by Crippen LogP contribution is -2.22. The molecule has 0 saturated carbocycles. The number of aryl methyl sites for hydroxylation is 2. The molecule has 0 aliphatic rings. The standard InChI is InChI=1S/C9H17N5O2/c1-5-6-7-8(14(15)16)9(11-12(2)3)13(4)10-7/h11H,5-6H2,1-4H3. The molecule has 1 aromatic rings. The zero-order chi connectivity index (χ0) is 12.3. The molecule has 1 N–H and O–H groups in total. The van der Waals surface area contributed by atoms with Gasteiger partial charge in [-0.3, -0.25) is 15.5 Å². The van der Waals surface area contributed by atoms with Crippen LogP contribution >= 0.6 is 0 Å². The van der Waals surface area contributed by atoms with E-state index in [1.165, 1.54) is 4.68 Å². The predicted octanol–water partition coefficient (Wildman–Crippen LogP) is 1.17. The van der Waals surface area contributed by atoms with Gasteiger partial charge in [-0.05, 0) is 6.42 Å². The first kappa shape index (κ1) is 12.4. The summed E-state index contributed by atoms with van der Waals surface area (Å²) in [6, 6.07) is 0. The molecular weight excluding hydrogens is 210 g/mol. The quantitative estimate of drug-likeness (QED) is 0.603. The van der Waals surface area contributed by atoms with Gasteiger partial charge < -0.3 is 0 Å². The minimum Gasteiger partial charge on any atom is -0.298 e. The largest absolute Gasteiger partial charge is 0.335 e. The topological polar surface area (TPSA) is 76.2 Å². The zero-order valence-corrected chi connectivity index (χ0v) is 10.0. The second-order valence-corrected chi connectivity index (χ2v) is 3.78. The van der Waals surface area contributed by atoms with Gasteiger partial charge in [-0.25, -0.2) is 9.69 Å². The first-order valence-electron chi connectivity index (χ1n) is 5.11. The van der Waals surface area contributed by atoms with Gasteiger partial charge in [-0.2, -0.15) is 5.10 Å². The van der Waals surface area contributed by atoms with Crippen molar-refractivity contribution in [1.29, 1.82) is 0 Å². The van der Waals surface area contributed by atoms with Gasteiger partial charge in [-0.1, -0.05) is 13.3 Å². The fourth-order valence-electron chi connectivity index (χ4n) is 1.50. The summed E-state index contributed by atoms with van der Waals surface area (Å²) in [6.07, 6.45) is 1.44. The normalized spacial score (nSPS) is 10.8. The van der Waals surface area contributed by atoms with Gasteiger partial charge in [0.15, 0.2) is 0 Å². The van der Waals surface area contributed by atoms with Crippen LogP contribution in [-0.2, 0) is 13.5 Å². The summed E-state index contributed by atoms with van der Waals surface area (Å²) in [7, 11) is 5.24. The van der Waals surface area contributed by atoms with Gasteiger partial charge in [-0.15, -0.1) is 0 Å². The van der Waals surface area contributed by atoms with E-state index in [0.717, 1.165) is 6.42 Å². The fraction of sp³-hybridized carbons (Fsp3) is 0.667. The van der Waals surface area contributed by atoms with E-state index in [2.05, 4.69) is 10.5 Å². The van der Waals surface area contributed by atoms with E-state index in [1.807, 2.05) is 6.92 Å². The lowest BCUT2D eigenvalue weighted by atomic mass is 10.2. The number of nitrogens with one attached hydrogen (secondary N) is 1. The third kappa shape index (κ3) is 2.48. The minimum atomic E-state index is -0.385. The van der Waals surface area contributed by atoms with Crippen LogP contribution in [0.25, 0.3) is 0 Å². The van der Waals surface area contributed by atoms with Crippen molar-refractivity contribution in [3.05, 3.63) is 15.8 Å². The van der Waals surface area contributed by atoms with Crippen molar-refractivity contribution in [3.8, 4) is 0 Å². The number of hydrogen-bond donors (Lipinski definition) is 1. The molecule has 0 fully saturated rings. The molecule has 0 atom stereocenters. The first-order valence-corrected chi connectivity index (χ1v) is 5.11.